The van der Waals surface area contributed by atoms with Gasteiger partial charge in [-0.1, -0.05) is 12.1 Å². The predicted octanol–water partition coefficient (Wildman–Crippen LogP) is 3.21. The number of esters is 1. The first-order valence-corrected chi connectivity index (χ1v) is 6.73. The van der Waals surface area contributed by atoms with Crippen molar-refractivity contribution in [1.82, 2.24) is 9.55 Å². The molecule has 0 bridgehead atoms. The molecule has 1 aromatic carbocycles. The summed E-state index contributed by atoms with van der Waals surface area (Å²) in [5.41, 5.74) is 2.86. The summed E-state index contributed by atoms with van der Waals surface area (Å²) >= 11 is 6.16. The lowest BCUT2D eigenvalue weighted by atomic mass is 10.2. The minimum absolute atomic E-state index is 0.140. The molecular formula is C14H17ClN2O2. The van der Waals surface area contributed by atoms with Gasteiger partial charge in [0.2, 0.25) is 0 Å². The SMILES string of the molecule is CCOC(=O)Cn1c(C(C)Cl)nc2cccc(C)c21. The monoisotopic (exact) mass is 280 g/mol. The standard InChI is InChI=1S/C14H17ClN2O2/c1-4-19-12(18)8-17-13-9(2)6-5-7-11(13)16-14(17)10(3)15/h5-7,10H,4,8H2,1-3H3. The summed E-state index contributed by atoms with van der Waals surface area (Å²) in [4.78, 5) is 16.2. The van der Waals surface area contributed by atoms with E-state index in [1.165, 1.54) is 0 Å². The number of para-hydroxylation sites is 1. The van der Waals surface area contributed by atoms with Gasteiger partial charge in [0.15, 0.2) is 0 Å². The number of carbonyl (C=O) groups excluding carboxylic acids is 1. The highest BCUT2D eigenvalue weighted by Gasteiger charge is 2.18. The van der Waals surface area contributed by atoms with E-state index >= 15 is 0 Å². The van der Waals surface area contributed by atoms with Crippen LogP contribution in [0.1, 0.15) is 30.6 Å². The lowest BCUT2D eigenvalue weighted by Crippen LogP contribution is -2.16. The second-order valence-electron chi connectivity index (χ2n) is 4.42. The van der Waals surface area contributed by atoms with Gasteiger partial charge in [0.05, 0.1) is 23.0 Å². The Kier molecular flexibility index (Phi) is 4.10. The van der Waals surface area contributed by atoms with Crippen LogP contribution in [-0.2, 0) is 16.1 Å². The minimum atomic E-state index is -0.274. The first kappa shape index (κ1) is 13.9. The molecule has 0 saturated carbocycles. The molecule has 1 atom stereocenters. The summed E-state index contributed by atoms with van der Waals surface area (Å²) in [6.07, 6.45) is 0. The van der Waals surface area contributed by atoms with E-state index < -0.39 is 0 Å². The molecule has 0 aliphatic rings. The number of imidazole rings is 1. The average Bonchev–Trinajstić information content (AvgIpc) is 2.70. The molecule has 0 spiro atoms. The molecule has 0 aliphatic heterocycles. The summed E-state index contributed by atoms with van der Waals surface area (Å²) in [6, 6.07) is 5.86. The molecule has 0 saturated heterocycles. The Morgan fingerprint density at radius 3 is 2.89 bits per heavy atom. The van der Waals surface area contributed by atoms with E-state index in [4.69, 9.17) is 16.3 Å². The Morgan fingerprint density at radius 2 is 2.26 bits per heavy atom. The summed E-state index contributed by atoms with van der Waals surface area (Å²) < 4.78 is 6.86. The number of hydrogen-bond acceptors (Lipinski definition) is 3. The van der Waals surface area contributed by atoms with Crippen molar-refractivity contribution in [3.8, 4) is 0 Å². The van der Waals surface area contributed by atoms with E-state index in [0.717, 1.165) is 16.6 Å². The lowest BCUT2D eigenvalue weighted by Gasteiger charge is -2.10. The van der Waals surface area contributed by atoms with Crippen molar-refractivity contribution in [2.45, 2.75) is 32.7 Å². The van der Waals surface area contributed by atoms with Crippen molar-refractivity contribution in [3.05, 3.63) is 29.6 Å². The molecule has 0 aliphatic carbocycles. The van der Waals surface area contributed by atoms with Crippen LogP contribution in [0.2, 0.25) is 0 Å². The number of alkyl halides is 1. The van der Waals surface area contributed by atoms with Gasteiger partial charge in [0.1, 0.15) is 12.4 Å². The minimum Gasteiger partial charge on any atom is -0.465 e. The highest BCUT2D eigenvalue weighted by Crippen LogP contribution is 2.26. The molecule has 0 radical (unpaired) electrons. The molecule has 0 amide bonds. The fourth-order valence-corrected chi connectivity index (χ4v) is 2.35. The Morgan fingerprint density at radius 1 is 1.53 bits per heavy atom. The Hall–Kier alpha value is -1.55. The van der Waals surface area contributed by atoms with E-state index in [-0.39, 0.29) is 17.9 Å². The average molecular weight is 281 g/mol. The van der Waals surface area contributed by atoms with Crippen LogP contribution in [0.25, 0.3) is 11.0 Å². The summed E-state index contributed by atoms with van der Waals surface area (Å²) in [7, 11) is 0. The lowest BCUT2D eigenvalue weighted by molar-refractivity contribution is -0.143. The summed E-state index contributed by atoms with van der Waals surface area (Å²) in [6.45, 7) is 6.14. The molecule has 19 heavy (non-hydrogen) atoms. The molecular weight excluding hydrogens is 264 g/mol. The van der Waals surface area contributed by atoms with Crippen LogP contribution in [0.3, 0.4) is 0 Å². The maximum atomic E-state index is 11.7. The maximum absolute atomic E-state index is 11.7. The zero-order valence-corrected chi connectivity index (χ0v) is 12.1. The molecule has 1 unspecified atom stereocenters. The van der Waals surface area contributed by atoms with E-state index in [1.54, 1.807) is 6.92 Å². The first-order valence-electron chi connectivity index (χ1n) is 6.30. The molecule has 5 heteroatoms. The van der Waals surface area contributed by atoms with Gasteiger partial charge in [-0.3, -0.25) is 4.79 Å². The van der Waals surface area contributed by atoms with E-state index in [2.05, 4.69) is 4.98 Å². The maximum Gasteiger partial charge on any atom is 0.326 e. The van der Waals surface area contributed by atoms with Gasteiger partial charge < -0.3 is 9.30 Å². The van der Waals surface area contributed by atoms with Crippen molar-refractivity contribution in [2.75, 3.05) is 6.61 Å². The van der Waals surface area contributed by atoms with Gasteiger partial charge >= 0.3 is 5.97 Å². The predicted molar refractivity (Wildman–Crippen MR) is 75.4 cm³/mol. The third-order valence-electron chi connectivity index (χ3n) is 2.95. The molecule has 0 N–H and O–H groups in total. The van der Waals surface area contributed by atoms with Gasteiger partial charge in [-0.2, -0.15) is 0 Å². The number of aromatic nitrogens is 2. The number of carbonyl (C=O) groups is 1. The zero-order valence-electron chi connectivity index (χ0n) is 11.3. The summed E-state index contributed by atoms with van der Waals surface area (Å²) in [5.74, 6) is 0.419. The molecule has 102 valence electrons. The smallest absolute Gasteiger partial charge is 0.326 e. The van der Waals surface area contributed by atoms with Crippen LogP contribution >= 0.6 is 11.6 Å². The van der Waals surface area contributed by atoms with E-state index in [9.17, 15) is 4.79 Å². The van der Waals surface area contributed by atoms with Crippen LogP contribution in [0.5, 0.6) is 0 Å². The van der Waals surface area contributed by atoms with Crippen LogP contribution in [0, 0.1) is 6.92 Å². The Bertz CT molecular complexity index is 605. The van der Waals surface area contributed by atoms with Crippen molar-refractivity contribution in [2.24, 2.45) is 0 Å². The quantitative estimate of drug-likeness (QED) is 0.638. The normalized spacial score (nSPS) is 12.6. The molecule has 2 rings (SSSR count). The largest absolute Gasteiger partial charge is 0.465 e. The Balaban J connectivity index is 2.54. The van der Waals surface area contributed by atoms with Crippen LogP contribution in [0.4, 0.5) is 0 Å². The van der Waals surface area contributed by atoms with Crippen LogP contribution in [0.15, 0.2) is 18.2 Å². The number of benzene rings is 1. The molecule has 4 nitrogen and oxygen atoms in total. The van der Waals surface area contributed by atoms with Crippen LogP contribution < -0.4 is 0 Å². The molecule has 1 heterocycles. The van der Waals surface area contributed by atoms with E-state index in [0.29, 0.717) is 12.4 Å². The fourth-order valence-electron chi connectivity index (χ4n) is 2.18. The molecule has 1 aromatic heterocycles. The molecule has 2 aromatic rings. The zero-order chi connectivity index (χ0) is 14.0. The van der Waals surface area contributed by atoms with Crippen molar-refractivity contribution in [1.29, 1.82) is 0 Å². The van der Waals surface area contributed by atoms with Crippen molar-refractivity contribution in [3.63, 3.8) is 0 Å². The second-order valence-corrected chi connectivity index (χ2v) is 5.07. The third kappa shape index (κ3) is 2.73. The number of fused-ring (bicyclic) bond motifs is 1. The highest BCUT2D eigenvalue weighted by molar-refractivity contribution is 6.20. The van der Waals surface area contributed by atoms with Crippen LogP contribution in [-0.4, -0.2) is 22.1 Å². The number of halogens is 1. The number of nitrogens with zero attached hydrogens (tertiary/aromatic N) is 2. The van der Waals surface area contributed by atoms with E-state index in [1.807, 2.05) is 36.6 Å². The fraction of sp³-hybridized carbons (Fsp3) is 0.429. The summed E-state index contributed by atoms with van der Waals surface area (Å²) in [5, 5.41) is -0.263. The topological polar surface area (TPSA) is 44.1 Å². The number of ether oxygens (including phenoxy) is 1. The Labute approximate surface area is 117 Å². The number of rotatable bonds is 4. The van der Waals surface area contributed by atoms with Gasteiger partial charge in [0.25, 0.3) is 0 Å². The van der Waals surface area contributed by atoms with Gasteiger partial charge in [0, 0.05) is 0 Å². The second kappa shape index (κ2) is 5.61. The van der Waals surface area contributed by atoms with Gasteiger partial charge in [-0.05, 0) is 32.4 Å². The van der Waals surface area contributed by atoms with Crippen molar-refractivity contribution >= 4 is 28.6 Å². The van der Waals surface area contributed by atoms with Crippen molar-refractivity contribution < 1.29 is 9.53 Å². The number of hydrogen-bond donors (Lipinski definition) is 0. The number of aryl methyl sites for hydroxylation is 1. The highest BCUT2D eigenvalue weighted by atomic mass is 35.5. The van der Waals surface area contributed by atoms with Gasteiger partial charge in [-0.15, -0.1) is 11.6 Å². The molecule has 0 fully saturated rings. The van der Waals surface area contributed by atoms with Gasteiger partial charge in [-0.25, -0.2) is 4.98 Å². The first-order chi connectivity index (χ1) is 9.04. The third-order valence-corrected chi connectivity index (χ3v) is 3.14.